The number of nitrogens with one attached hydrogen (secondary N) is 2. The Morgan fingerprint density at radius 3 is 2.65 bits per heavy atom. The molecule has 0 saturated heterocycles. The lowest BCUT2D eigenvalue weighted by Crippen LogP contribution is -2.30. The molecule has 0 bridgehead atoms. The summed E-state index contributed by atoms with van der Waals surface area (Å²) in [6.45, 7) is 1.07. The Morgan fingerprint density at radius 1 is 0.950 bits per heavy atom. The third-order valence-electron chi connectivity index (χ3n) is 4.52. The maximum Gasteiger partial charge on any atom is 0.0388 e. The van der Waals surface area contributed by atoms with Crippen LogP contribution >= 0.6 is 0 Å². The average Bonchev–Trinajstić information content (AvgIpc) is 3.28. The van der Waals surface area contributed by atoms with Gasteiger partial charge in [0.25, 0.3) is 0 Å². The molecule has 0 spiro atoms. The van der Waals surface area contributed by atoms with E-state index in [9.17, 15) is 0 Å². The Hall–Kier alpha value is -1.80. The van der Waals surface area contributed by atoms with E-state index in [0.717, 1.165) is 6.54 Å². The highest BCUT2D eigenvalue weighted by Gasteiger charge is 2.40. The van der Waals surface area contributed by atoms with Gasteiger partial charge in [-0.15, -0.1) is 0 Å². The second-order valence-electron chi connectivity index (χ2n) is 5.88. The number of anilines is 1. The van der Waals surface area contributed by atoms with Crippen molar-refractivity contribution in [1.29, 1.82) is 0 Å². The quantitative estimate of drug-likeness (QED) is 0.883. The van der Waals surface area contributed by atoms with Gasteiger partial charge in [-0.25, -0.2) is 0 Å². The van der Waals surface area contributed by atoms with E-state index in [0.29, 0.717) is 18.0 Å². The van der Waals surface area contributed by atoms with Crippen LogP contribution in [0.15, 0.2) is 54.6 Å². The third-order valence-corrected chi connectivity index (χ3v) is 4.52. The standard InChI is InChI=1S/C18H20N2/c1-2-6-13(7-3-1)15-12-18(15)20-17-10-11-19-16-9-5-4-8-14(16)17/h1-9,15,17-20H,10-12H2. The van der Waals surface area contributed by atoms with Crippen LogP contribution in [0.5, 0.6) is 0 Å². The van der Waals surface area contributed by atoms with Crippen molar-refractivity contribution in [1.82, 2.24) is 5.32 Å². The number of hydrogen-bond acceptors (Lipinski definition) is 2. The maximum atomic E-state index is 3.86. The van der Waals surface area contributed by atoms with Crippen LogP contribution < -0.4 is 10.6 Å². The fourth-order valence-corrected chi connectivity index (χ4v) is 3.35. The van der Waals surface area contributed by atoms with Crippen LogP contribution in [0, 0.1) is 0 Å². The first-order chi connectivity index (χ1) is 9.92. The first kappa shape index (κ1) is 12.0. The number of hydrogen-bond donors (Lipinski definition) is 2. The molecule has 1 saturated carbocycles. The molecule has 2 aromatic rings. The number of para-hydroxylation sites is 1. The molecular weight excluding hydrogens is 244 g/mol. The summed E-state index contributed by atoms with van der Waals surface area (Å²) in [5.74, 6) is 0.707. The summed E-state index contributed by atoms with van der Waals surface area (Å²) < 4.78 is 0. The maximum absolute atomic E-state index is 3.86. The van der Waals surface area contributed by atoms with Crippen LogP contribution in [0.3, 0.4) is 0 Å². The molecule has 0 radical (unpaired) electrons. The van der Waals surface area contributed by atoms with Gasteiger partial charge >= 0.3 is 0 Å². The van der Waals surface area contributed by atoms with Crippen molar-refractivity contribution in [3.63, 3.8) is 0 Å². The van der Waals surface area contributed by atoms with Gasteiger partial charge in [-0.1, -0.05) is 48.5 Å². The Morgan fingerprint density at radius 2 is 1.75 bits per heavy atom. The van der Waals surface area contributed by atoms with Crippen LogP contribution in [0.2, 0.25) is 0 Å². The lowest BCUT2D eigenvalue weighted by atomic mass is 9.98. The zero-order chi connectivity index (χ0) is 13.4. The molecule has 2 heteroatoms. The first-order valence-corrected chi connectivity index (χ1v) is 7.55. The molecule has 0 aromatic heterocycles. The van der Waals surface area contributed by atoms with Crippen LogP contribution in [0.4, 0.5) is 5.69 Å². The van der Waals surface area contributed by atoms with E-state index in [1.54, 1.807) is 0 Å². The Bertz CT molecular complexity index is 593. The van der Waals surface area contributed by atoms with Crippen molar-refractivity contribution < 1.29 is 0 Å². The lowest BCUT2D eigenvalue weighted by molar-refractivity contribution is 0.493. The van der Waals surface area contributed by atoms with E-state index in [-0.39, 0.29) is 0 Å². The third kappa shape index (κ3) is 2.20. The Balaban J connectivity index is 1.47. The van der Waals surface area contributed by atoms with E-state index >= 15 is 0 Å². The number of fused-ring (bicyclic) bond motifs is 1. The zero-order valence-corrected chi connectivity index (χ0v) is 11.5. The fourth-order valence-electron chi connectivity index (χ4n) is 3.35. The summed E-state index contributed by atoms with van der Waals surface area (Å²) in [7, 11) is 0. The van der Waals surface area contributed by atoms with E-state index in [1.807, 2.05) is 0 Å². The average molecular weight is 264 g/mol. The molecule has 102 valence electrons. The van der Waals surface area contributed by atoms with Gasteiger partial charge in [0.15, 0.2) is 0 Å². The normalized spacial score (nSPS) is 27.5. The molecule has 4 rings (SSSR count). The van der Waals surface area contributed by atoms with E-state index in [2.05, 4.69) is 65.2 Å². The lowest BCUT2D eigenvalue weighted by Gasteiger charge is -2.27. The molecule has 2 N–H and O–H groups in total. The smallest absolute Gasteiger partial charge is 0.0388 e. The molecule has 1 fully saturated rings. The second kappa shape index (κ2) is 4.95. The minimum absolute atomic E-state index is 0.506. The fraction of sp³-hybridized carbons (Fsp3) is 0.333. The van der Waals surface area contributed by atoms with Crippen LogP contribution in [-0.4, -0.2) is 12.6 Å². The molecule has 2 nitrogen and oxygen atoms in total. The van der Waals surface area contributed by atoms with Gasteiger partial charge < -0.3 is 10.6 Å². The van der Waals surface area contributed by atoms with E-state index in [4.69, 9.17) is 0 Å². The monoisotopic (exact) mass is 264 g/mol. The molecule has 1 aliphatic carbocycles. The highest BCUT2D eigenvalue weighted by Crippen LogP contribution is 2.43. The second-order valence-corrected chi connectivity index (χ2v) is 5.88. The molecule has 1 heterocycles. The van der Waals surface area contributed by atoms with Crippen LogP contribution in [-0.2, 0) is 0 Å². The van der Waals surface area contributed by atoms with Crippen molar-refractivity contribution in [3.05, 3.63) is 65.7 Å². The molecular formula is C18H20N2. The molecule has 2 aromatic carbocycles. The van der Waals surface area contributed by atoms with Crippen LogP contribution in [0.1, 0.15) is 35.9 Å². The highest BCUT2D eigenvalue weighted by atomic mass is 15.0. The first-order valence-electron chi connectivity index (χ1n) is 7.55. The summed E-state index contributed by atoms with van der Waals surface area (Å²) >= 11 is 0. The highest BCUT2D eigenvalue weighted by molar-refractivity contribution is 5.54. The van der Waals surface area contributed by atoms with E-state index in [1.165, 1.54) is 29.7 Å². The predicted molar refractivity (Wildman–Crippen MR) is 83.0 cm³/mol. The van der Waals surface area contributed by atoms with Gasteiger partial charge in [0.1, 0.15) is 0 Å². The molecule has 0 amide bonds. The zero-order valence-electron chi connectivity index (χ0n) is 11.5. The van der Waals surface area contributed by atoms with Crippen molar-refractivity contribution in [2.75, 3.05) is 11.9 Å². The summed E-state index contributed by atoms with van der Waals surface area (Å²) in [6, 6.07) is 20.7. The van der Waals surface area contributed by atoms with Gasteiger partial charge in [-0.2, -0.15) is 0 Å². The van der Waals surface area contributed by atoms with Crippen molar-refractivity contribution >= 4 is 5.69 Å². The van der Waals surface area contributed by atoms with Gasteiger partial charge in [0.2, 0.25) is 0 Å². The SMILES string of the molecule is c1ccc(C2CC2NC2CCNc3ccccc32)cc1. The molecule has 3 unspecified atom stereocenters. The van der Waals surface area contributed by atoms with E-state index < -0.39 is 0 Å². The summed E-state index contributed by atoms with van der Waals surface area (Å²) in [5.41, 5.74) is 4.21. The largest absolute Gasteiger partial charge is 0.385 e. The van der Waals surface area contributed by atoms with Crippen molar-refractivity contribution in [2.45, 2.75) is 30.8 Å². The minimum atomic E-state index is 0.506. The van der Waals surface area contributed by atoms with Crippen LogP contribution in [0.25, 0.3) is 0 Å². The Labute approximate surface area is 120 Å². The molecule has 2 aliphatic rings. The molecule has 20 heavy (non-hydrogen) atoms. The number of benzene rings is 2. The topological polar surface area (TPSA) is 24.1 Å². The van der Waals surface area contributed by atoms with Crippen molar-refractivity contribution in [2.24, 2.45) is 0 Å². The predicted octanol–water partition coefficient (Wildman–Crippen LogP) is 3.69. The summed E-state index contributed by atoms with van der Waals surface area (Å²) in [4.78, 5) is 0. The minimum Gasteiger partial charge on any atom is -0.385 e. The molecule has 3 atom stereocenters. The van der Waals surface area contributed by atoms with Gasteiger partial charge in [-0.3, -0.25) is 0 Å². The Kier molecular flexibility index (Phi) is 2.96. The van der Waals surface area contributed by atoms with Crippen molar-refractivity contribution in [3.8, 4) is 0 Å². The van der Waals surface area contributed by atoms with Gasteiger partial charge in [0.05, 0.1) is 0 Å². The summed E-state index contributed by atoms with van der Waals surface area (Å²) in [6.07, 6.45) is 2.45. The summed E-state index contributed by atoms with van der Waals surface area (Å²) in [5, 5.41) is 7.35. The van der Waals surface area contributed by atoms with Gasteiger partial charge in [-0.05, 0) is 30.0 Å². The number of rotatable bonds is 3. The van der Waals surface area contributed by atoms with Gasteiger partial charge in [0, 0.05) is 30.2 Å². The molecule has 1 aliphatic heterocycles.